The molecule has 0 spiro atoms. The van der Waals surface area contributed by atoms with E-state index in [1.54, 1.807) is 30.0 Å². The SMILES string of the molecule is CC(C)NC(=O)[C@H](C)N(Cc1ccccc1Cl)C(=O)CSCc1ccc(F)cc1. The van der Waals surface area contributed by atoms with E-state index in [-0.39, 0.29) is 36.0 Å². The maximum Gasteiger partial charge on any atom is 0.242 e. The number of benzene rings is 2. The second-order valence-corrected chi connectivity index (χ2v) is 8.46. The average molecular weight is 437 g/mol. The second kappa shape index (κ2) is 11.2. The highest BCUT2D eigenvalue weighted by atomic mass is 35.5. The normalized spacial score (nSPS) is 11.9. The van der Waals surface area contributed by atoms with Gasteiger partial charge >= 0.3 is 0 Å². The fourth-order valence-corrected chi connectivity index (χ4v) is 3.78. The van der Waals surface area contributed by atoms with Crippen molar-refractivity contribution in [1.29, 1.82) is 0 Å². The summed E-state index contributed by atoms with van der Waals surface area (Å²) in [5.74, 6) is 0.151. The third kappa shape index (κ3) is 7.37. The van der Waals surface area contributed by atoms with Gasteiger partial charge in [-0.3, -0.25) is 9.59 Å². The van der Waals surface area contributed by atoms with Crippen LogP contribution in [-0.2, 0) is 21.9 Å². The molecular weight excluding hydrogens is 411 g/mol. The number of carbonyl (C=O) groups excluding carboxylic acids is 2. The molecule has 29 heavy (non-hydrogen) atoms. The van der Waals surface area contributed by atoms with Gasteiger partial charge in [-0.1, -0.05) is 41.9 Å². The molecule has 4 nitrogen and oxygen atoms in total. The van der Waals surface area contributed by atoms with Gasteiger partial charge in [-0.2, -0.15) is 0 Å². The summed E-state index contributed by atoms with van der Waals surface area (Å²) < 4.78 is 13.0. The number of carbonyl (C=O) groups is 2. The molecule has 2 aromatic rings. The second-order valence-electron chi connectivity index (χ2n) is 7.07. The fourth-order valence-electron chi connectivity index (χ4n) is 2.72. The minimum atomic E-state index is -0.632. The monoisotopic (exact) mass is 436 g/mol. The highest BCUT2D eigenvalue weighted by Gasteiger charge is 2.26. The van der Waals surface area contributed by atoms with E-state index in [2.05, 4.69) is 5.32 Å². The molecule has 1 N–H and O–H groups in total. The fraction of sp³-hybridized carbons (Fsp3) is 0.364. The molecule has 2 aromatic carbocycles. The first-order valence-corrected chi connectivity index (χ1v) is 11.0. The molecule has 156 valence electrons. The van der Waals surface area contributed by atoms with Crippen LogP contribution in [0, 0.1) is 5.82 Å². The zero-order chi connectivity index (χ0) is 21.4. The standard InChI is InChI=1S/C22H26ClFN2O2S/c1-15(2)25-22(28)16(3)26(12-18-6-4-5-7-20(18)23)21(27)14-29-13-17-8-10-19(24)11-9-17/h4-11,15-16H,12-14H2,1-3H3,(H,25,28)/t16-/m0/s1. The van der Waals surface area contributed by atoms with Crippen LogP contribution >= 0.6 is 23.4 Å². The first kappa shape index (κ1) is 23.2. The van der Waals surface area contributed by atoms with E-state index >= 15 is 0 Å². The van der Waals surface area contributed by atoms with Gasteiger partial charge in [0, 0.05) is 23.4 Å². The van der Waals surface area contributed by atoms with Crippen LogP contribution in [0.15, 0.2) is 48.5 Å². The van der Waals surface area contributed by atoms with Gasteiger partial charge in [0.05, 0.1) is 5.75 Å². The Kier molecular flexibility index (Phi) is 8.99. The molecule has 0 unspecified atom stereocenters. The Hall–Kier alpha value is -2.05. The lowest BCUT2D eigenvalue weighted by molar-refractivity contribution is -0.138. The Morgan fingerprint density at radius 2 is 1.76 bits per heavy atom. The van der Waals surface area contributed by atoms with Gasteiger partial charge in [-0.05, 0) is 50.1 Å². The molecule has 0 aliphatic heterocycles. The van der Waals surface area contributed by atoms with Crippen LogP contribution < -0.4 is 5.32 Å². The van der Waals surface area contributed by atoms with Crippen LogP contribution in [0.25, 0.3) is 0 Å². The third-order valence-electron chi connectivity index (χ3n) is 4.30. The van der Waals surface area contributed by atoms with Gasteiger partial charge in [0.25, 0.3) is 0 Å². The molecule has 1 atom stereocenters. The number of hydrogen-bond donors (Lipinski definition) is 1. The van der Waals surface area contributed by atoms with Crippen molar-refractivity contribution in [2.75, 3.05) is 5.75 Å². The molecule has 0 radical (unpaired) electrons. The number of amides is 2. The molecule has 2 rings (SSSR count). The molecule has 2 amide bonds. The number of nitrogens with zero attached hydrogens (tertiary/aromatic N) is 1. The topological polar surface area (TPSA) is 49.4 Å². The smallest absolute Gasteiger partial charge is 0.242 e. The lowest BCUT2D eigenvalue weighted by Gasteiger charge is -2.29. The molecule has 0 aliphatic rings. The maximum absolute atomic E-state index is 13.0. The number of rotatable bonds is 9. The molecule has 0 aliphatic carbocycles. The summed E-state index contributed by atoms with van der Waals surface area (Å²) in [6.07, 6.45) is 0. The van der Waals surface area contributed by atoms with Gasteiger partial charge in [0.2, 0.25) is 11.8 Å². The van der Waals surface area contributed by atoms with Crippen LogP contribution in [0.1, 0.15) is 31.9 Å². The zero-order valence-corrected chi connectivity index (χ0v) is 18.4. The van der Waals surface area contributed by atoms with E-state index < -0.39 is 6.04 Å². The zero-order valence-electron chi connectivity index (χ0n) is 16.8. The molecule has 0 bridgehead atoms. The summed E-state index contributed by atoms with van der Waals surface area (Å²) in [5.41, 5.74) is 1.72. The van der Waals surface area contributed by atoms with Gasteiger partial charge in [0.1, 0.15) is 11.9 Å². The Bertz CT molecular complexity index is 830. The van der Waals surface area contributed by atoms with E-state index in [1.807, 2.05) is 32.0 Å². The predicted octanol–water partition coefficient (Wildman–Crippen LogP) is 4.65. The van der Waals surface area contributed by atoms with Gasteiger partial charge < -0.3 is 10.2 Å². The van der Waals surface area contributed by atoms with Crippen LogP contribution in [0.2, 0.25) is 5.02 Å². The van der Waals surface area contributed by atoms with Crippen molar-refractivity contribution < 1.29 is 14.0 Å². The van der Waals surface area contributed by atoms with Crippen LogP contribution in [-0.4, -0.2) is 34.6 Å². The quantitative estimate of drug-likeness (QED) is 0.622. The minimum absolute atomic E-state index is 0.0185. The summed E-state index contributed by atoms with van der Waals surface area (Å²) in [4.78, 5) is 27.0. The van der Waals surface area contributed by atoms with E-state index in [0.717, 1.165) is 11.1 Å². The lowest BCUT2D eigenvalue weighted by atomic mass is 10.1. The highest BCUT2D eigenvalue weighted by Crippen LogP contribution is 2.20. The molecule has 0 heterocycles. The predicted molar refractivity (Wildman–Crippen MR) is 117 cm³/mol. The summed E-state index contributed by atoms with van der Waals surface area (Å²) >= 11 is 7.69. The lowest BCUT2D eigenvalue weighted by Crippen LogP contribution is -2.49. The first-order chi connectivity index (χ1) is 13.8. The van der Waals surface area contributed by atoms with Crippen molar-refractivity contribution in [3.05, 3.63) is 70.5 Å². The minimum Gasteiger partial charge on any atom is -0.352 e. The van der Waals surface area contributed by atoms with E-state index in [0.29, 0.717) is 10.8 Å². The Balaban J connectivity index is 2.07. The van der Waals surface area contributed by atoms with Crippen LogP contribution in [0.4, 0.5) is 4.39 Å². The molecular formula is C22H26ClFN2O2S. The molecule has 7 heteroatoms. The maximum atomic E-state index is 13.0. The number of nitrogens with one attached hydrogen (secondary N) is 1. The van der Waals surface area contributed by atoms with Crippen molar-refractivity contribution >= 4 is 35.2 Å². The van der Waals surface area contributed by atoms with E-state index in [4.69, 9.17) is 11.6 Å². The van der Waals surface area contributed by atoms with Crippen molar-refractivity contribution in [2.24, 2.45) is 0 Å². The number of hydrogen-bond acceptors (Lipinski definition) is 3. The molecule has 0 aromatic heterocycles. The first-order valence-electron chi connectivity index (χ1n) is 9.43. The van der Waals surface area contributed by atoms with Crippen LogP contribution in [0.3, 0.4) is 0 Å². The van der Waals surface area contributed by atoms with Crippen molar-refractivity contribution in [1.82, 2.24) is 10.2 Å². The molecule has 0 saturated heterocycles. The van der Waals surface area contributed by atoms with Gasteiger partial charge in [-0.25, -0.2) is 4.39 Å². The highest BCUT2D eigenvalue weighted by molar-refractivity contribution is 7.99. The summed E-state index contributed by atoms with van der Waals surface area (Å²) in [6.45, 7) is 5.73. The van der Waals surface area contributed by atoms with Crippen molar-refractivity contribution in [2.45, 2.75) is 45.2 Å². The Morgan fingerprint density at radius 1 is 1.10 bits per heavy atom. The molecule has 0 saturated carbocycles. The van der Waals surface area contributed by atoms with E-state index in [9.17, 15) is 14.0 Å². The van der Waals surface area contributed by atoms with Crippen LogP contribution in [0.5, 0.6) is 0 Å². The van der Waals surface area contributed by atoms with Gasteiger partial charge in [-0.15, -0.1) is 11.8 Å². The largest absolute Gasteiger partial charge is 0.352 e. The summed E-state index contributed by atoms with van der Waals surface area (Å²) in [6, 6.07) is 12.8. The third-order valence-corrected chi connectivity index (χ3v) is 5.66. The van der Waals surface area contributed by atoms with Gasteiger partial charge in [0.15, 0.2) is 0 Å². The summed E-state index contributed by atoms with van der Waals surface area (Å²) in [5, 5.41) is 3.41. The summed E-state index contributed by atoms with van der Waals surface area (Å²) in [7, 11) is 0. The van der Waals surface area contributed by atoms with Crippen molar-refractivity contribution in [3.8, 4) is 0 Å². The molecule has 0 fully saturated rings. The van der Waals surface area contributed by atoms with Crippen molar-refractivity contribution in [3.63, 3.8) is 0 Å². The number of thioether (sulfide) groups is 1. The Labute approximate surface area is 180 Å². The van der Waals surface area contributed by atoms with E-state index in [1.165, 1.54) is 23.9 Å². The average Bonchev–Trinajstić information content (AvgIpc) is 2.67. The number of halogens is 2. The Morgan fingerprint density at radius 3 is 2.38 bits per heavy atom.